The van der Waals surface area contributed by atoms with Gasteiger partial charge in [-0.15, -0.1) is 0 Å². The van der Waals surface area contributed by atoms with Gasteiger partial charge in [0.15, 0.2) is 6.19 Å². The van der Waals surface area contributed by atoms with Gasteiger partial charge in [0.25, 0.3) is 0 Å². The van der Waals surface area contributed by atoms with Crippen molar-refractivity contribution in [2.75, 3.05) is 32.4 Å². The Morgan fingerprint density at radius 3 is 2.73 bits per heavy atom. The maximum Gasteiger partial charge on any atom is 0.204 e. The van der Waals surface area contributed by atoms with Crippen molar-refractivity contribution in [1.82, 2.24) is 15.5 Å². The Kier molecular flexibility index (Phi) is 9.19. The van der Waals surface area contributed by atoms with Crippen molar-refractivity contribution in [1.29, 1.82) is 5.26 Å². The van der Waals surface area contributed by atoms with E-state index < -0.39 is 0 Å². The number of nitrogens with zero attached hydrogens (tertiary/aromatic N) is 3. The van der Waals surface area contributed by atoms with Gasteiger partial charge in [0.2, 0.25) is 5.96 Å². The van der Waals surface area contributed by atoms with Gasteiger partial charge in [-0.05, 0) is 25.2 Å². The number of aliphatic imine (C=N–C) groups is 1. The van der Waals surface area contributed by atoms with Crippen LogP contribution in [0.2, 0.25) is 0 Å². The molecule has 6 nitrogen and oxygen atoms in total. The van der Waals surface area contributed by atoms with Crippen molar-refractivity contribution in [3.05, 3.63) is 23.7 Å². The number of nitrogens with one attached hydrogen (secondary N) is 2. The van der Waals surface area contributed by atoms with Crippen molar-refractivity contribution in [3.8, 4) is 6.19 Å². The standard InChI is InChI=1S/C15H25N5OS/c1-4-20(5-2)10-13-6-7-14(21-13)11-22-9-8-18-15(17-3)19-12-16/h6-7H,4-5,8-11H2,1-3H3,(H2,17,18,19). The molecule has 0 aliphatic heterocycles. The lowest BCUT2D eigenvalue weighted by molar-refractivity contribution is 0.266. The molecule has 0 spiro atoms. The van der Waals surface area contributed by atoms with Crippen molar-refractivity contribution in [2.24, 2.45) is 4.99 Å². The second-order valence-electron chi connectivity index (χ2n) is 4.62. The van der Waals surface area contributed by atoms with Crippen LogP contribution in [-0.2, 0) is 12.3 Å². The zero-order valence-electron chi connectivity index (χ0n) is 13.6. The fourth-order valence-corrected chi connectivity index (χ4v) is 2.65. The first-order valence-corrected chi connectivity index (χ1v) is 8.62. The van der Waals surface area contributed by atoms with E-state index in [0.29, 0.717) is 5.96 Å². The van der Waals surface area contributed by atoms with Crippen LogP contribution in [0.1, 0.15) is 25.4 Å². The van der Waals surface area contributed by atoms with Crippen LogP contribution >= 0.6 is 11.8 Å². The summed E-state index contributed by atoms with van der Waals surface area (Å²) in [5, 5.41) is 14.1. The van der Waals surface area contributed by atoms with Gasteiger partial charge in [0.05, 0.1) is 12.3 Å². The van der Waals surface area contributed by atoms with Crippen LogP contribution in [-0.4, -0.2) is 43.3 Å². The number of hydrogen-bond donors (Lipinski definition) is 2. The van der Waals surface area contributed by atoms with E-state index >= 15 is 0 Å². The van der Waals surface area contributed by atoms with E-state index in [1.54, 1.807) is 18.8 Å². The van der Waals surface area contributed by atoms with Crippen molar-refractivity contribution < 1.29 is 4.42 Å². The second kappa shape index (κ2) is 11.0. The average molecular weight is 323 g/mol. The van der Waals surface area contributed by atoms with E-state index in [0.717, 1.165) is 49.2 Å². The second-order valence-corrected chi connectivity index (χ2v) is 5.72. The number of nitriles is 1. The van der Waals surface area contributed by atoms with Gasteiger partial charge in [-0.25, -0.2) is 0 Å². The average Bonchev–Trinajstić information content (AvgIpc) is 2.98. The molecule has 1 rings (SSSR count). The summed E-state index contributed by atoms with van der Waals surface area (Å²) in [6.45, 7) is 8.00. The Balaban J connectivity index is 2.23. The first kappa shape index (κ1) is 18.4. The van der Waals surface area contributed by atoms with Gasteiger partial charge in [0.1, 0.15) is 11.5 Å². The molecule has 1 heterocycles. The largest absolute Gasteiger partial charge is 0.464 e. The first-order chi connectivity index (χ1) is 10.7. The lowest BCUT2D eigenvalue weighted by Crippen LogP contribution is -2.35. The van der Waals surface area contributed by atoms with E-state index in [2.05, 4.69) is 46.5 Å². The minimum atomic E-state index is 0.502. The molecule has 0 radical (unpaired) electrons. The number of furan rings is 1. The van der Waals surface area contributed by atoms with Gasteiger partial charge < -0.3 is 9.73 Å². The Morgan fingerprint density at radius 2 is 2.09 bits per heavy atom. The van der Waals surface area contributed by atoms with Gasteiger partial charge in [-0.2, -0.15) is 17.0 Å². The van der Waals surface area contributed by atoms with E-state index in [4.69, 9.17) is 9.68 Å². The van der Waals surface area contributed by atoms with Crippen LogP contribution in [0.5, 0.6) is 0 Å². The Morgan fingerprint density at radius 1 is 1.36 bits per heavy atom. The van der Waals surface area contributed by atoms with Gasteiger partial charge >= 0.3 is 0 Å². The summed E-state index contributed by atoms with van der Waals surface area (Å²) in [6, 6.07) is 4.11. The third kappa shape index (κ3) is 6.87. The quantitative estimate of drug-likeness (QED) is 0.238. The van der Waals surface area contributed by atoms with Crippen molar-refractivity contribution in [3.63, 3.8) is 0 Å². The lowest BCUT2D eigenvalue weighted by atomic mass is 10.4. The lowest BCUT2D eigenvalue weighted by Gasteiger charge is -2.15. The molecular formula is C15H25N5OS. The fourth-order valence-electron chi connectivity index (χ4n) is 1.90. The summed E-state index contributed by atoms with van der Waals surface area (Å²) < 4.78 is 5.84. The molecule has 0 bridgehead atoms. The number of thioether (sulfide) groups is 1. The molecule has 2 N–H and O–H groups in total. The molecular weight excluding hydrogens is 298 g/mol. The summed E-state index contributed by atoms with van der Waals surface area (Å²) in [6.07, 6.45) is 1.84. The van der Waals surface area contributed by atoms with E-state index in [1.807, 2.05) is 6.19 Å². The molecule has 0 aliphatic carbocycles. The summed E-state index contributed by atoms with van der Waals surface area (Å²) in [7, 11) is 1.64. The summed E-state index contributed by atoms with van der Waals surface area (Å²) in [5.41, 5.74) is 0. The smallest absolute Gasteiger partial charge is 0.204 e. The van der Waals surface area contributed by atoms with Crippen molar-refractivity contribution in [2.45, 2.75) is 26.1 Å². The number of guanidine groups is 1. The molecule has 1 aromatic rings. The zero-order chi connectivity index (χ0) is 16.2. The molecule has 0 atom stereocenters. The van der Waals surface area contributed by atoms with Gasteiger partial charge in [0, 0.05) is 19.3 Å². The maximum absolute atomic E-state index is 8.52. The van der Waals surface area contributed by atoms with E-state index in [-0.39, 0.29) is 0 Å². The number of hydrogen-bond acceptors (Lipinski definition) is 5. The Bertz CT molecular complexity index is 490. The van der Waals surface area contributed by atoms with Gasteiger partial charge in [-0.1, -0.05) is 13.8 Å². The predicted octanol–water partition coefficient (Wildman–Crippen LogP) is 2.00. The topological polar surface area (TPSA) is 76.6 Å². The van der Waals surface area contributed by atoms with E-state index in [1.165, 1.54) is 0 Å². The molecule has 0 aliphatic rings. The molecule has 122 valence electrons. The molecule has 1 aromatic heterocycles. The van der Waals surface area contributed by atoms with Crippen LogP contribution in [0.4, 0.5) is 0 Å². The minimum Gasteiger partial charge on any atom is -0.464 e. The van der Waals surface area contributed by atoms with Crippen LogP contribution in [0, 0.1) is 11.5 Å². The summed E-state index contributed by atoms with van der Waals surface area (Å²) in [4.78, 5) is 6.25. The molecule has 0 saturated carbocycles. The molecule has 0 aromatic carbocycles. The van der Waals surface area contributed by atoms with Gasteiger partial charge in [-0.3, -0.25) is 15.2 Å². The maximum atomic E-state index is 8.52. The van der Waals surface area contributed by atoms with Crippen LogP contribution in [0.15, 0.2) is 21.5 Å². The SMILES string of the molecule is CCN(CC)Cc1ccc(CSCCN/C(=N/C)NC#N)o1. The van der Waals surface area contributed by atoms with Crippen LogP contribution < -0.4 is 10.6 Å². The third-order valence-corrected chi connectivity index (χ3v) is 4.15. The molecule has 0 fully saturated rings. The Hall–Kier alpha value is -1.65. The minimum absolute atomic E-state index is 0.502. The highest BCUT2D eigenvalue weighted by Crippen LogP contribution is 2.16. The van der Waals surface area contributed by atoms with E-state index in [9.17, 15) is 0 Å². The zero-order valence-corrected chi connectivity index (χ0v) is 14.4. The normalized spacial score (nSPS) is 11.5. The number of rotatable bonds is 9. The Labute approximate surface area is 137 Å². The van der Waals surface area contributed by atoms with Crippen LogP contribution in [0.3, 0.4) is 0 Å². The van der Waals surface area contributed by atoms with Crippen LogP contribution in [0.25, 0.3) is 0 Å². The highest BCUT2D eigenvalue weighted by atomic mass is 32.2. The highest BCUT2D eigenvalue weighted by Gasteiger charge is 2.06. The molecule has 0 saturated heterocycles. The molecule has 7 heteroatoms. The predicted molar refractivity (Wildman–Crippen MR) is 91.6 cm³/mol. The fraction of sp³-hybridized carbons (Fsp3) is 0.600. The molecule has 0 unspecified atom stereocenters. The summed E-state index contributed by atoms with van der Waals surface area (Å²) >= 11 is 1.79. The molecule has 22 heavy (non-hydrogen) atoms. The first-order valence-electron chi connectivity index (χ1n) is 7.46. The highest BCUT2D eigenvalue weighted by molar-refractivity contribution is 7.98. The monoisotopic (exact) mass is 323 g/mol. The summed E-state index contributed by atoms with van der Waals surface area (Å²) in [5.74, 6) is 4.30. The third-order valence-electron chi connectivity index (χ3n) is 3.17. The van der Waals surface area contributed by atoms with Crippen molar-refractivity contribution >= 4 is 17.7 Å². The molecule has 0 amide bonds.